The van der Waals surface area contributed by atoms with Crippen molar-refractivity contribution < 1.29 is 53.3 Å². The number of ether oxygens (including phenoxy) is 1. The molecule has 89 heavy (non-hydrogen) atoms. The van der Waals surface area contributed by atoms with Crippen molar-refractivity contribution in [3.63, 3.8) is 0 Å². The van der Waals surface area contributed by atoms with Gasteiger partial charge in [-0.1, -0.05) is 51.1 Å². The molecule has 24 nitrogen and oxygen atoms in total. The number of nitrogens with one attached hydrogen (secondary N) is 4. The van der Waals surface area contributed by atoms with Crippen molar-refractivity contribution in [2.24, 2.45) is 11.8 Å². The molecule has 1 saturated heterocycles. The molecule has 0 saturated carbocycles. The van der Waals surface area contributed by atoms with E-state index in [-0.39, 0.29) is 98.9 Å². The number of aryl methyl sites for hydroxylation is 1. The van der Waals surface area contributed by atoms with Crippen LogP contribution in [0.5, 0.6) is 0 Å². The number of carbonyl (C=O) groups is 8. The lowest BCUT2D eigenvalue weighted by Gasteiger charge is -2.33. The zero-order valence-corrected chi connectivity index (χ0v) is 53.8. The number of rotatable bonds is 13. The second-order valence-corrected chi connectivity index (χ2v) is 27.3. The van der Waals surface area contributed by atoms with Gasteiger partial charge in [0.25, 0.3) is 11.8 Å². The van der Waals surface area contributed by atoms with Gasteiger partial charge in [0.1, 0.15) is 65.0 Å². The number of urea groups is 1. The minimum Gasteiger partial charge on any atom is -0.481 e. The number of amides is 6. The van der Waals surface area contributed by atoms with Gasteiger partial charge in [-0.3, -0.25) is 38.5 Å². The minimum absolute atomic E-state index is 0.0165. The summed E-state index contributed by atoms with van der Waals surface area (Å²) in [7, 11) is 2.97. The Bertz CT molecular complexity index is 3960. The van der Waals surface area contributed by atoms with Crippen LogP contribution in [0.1, 0.15) is 139 Å². The number of hydrogen-bond donors (Lipinski definition) is 6. The molecule has 9 heterocycles. The third kappa shape index (κ3) is 14.6. The quantitative estimate of drug-likeness (QED) is 0.0625. The lowest BCUT2D eigenvalue weighted by atomic mass is 9.90. The van der Waals surface area contributed by atoms with Crippen LogP contribution < -0.4 is 26.2 Å². The summed E-state index contributed by atoms with van der Waals surface area (Å²) in [6.07, 6.45) is -0.134. The molecule has 1 aromatic carbocycles. The van der Waals surface area contributed by atoms with Gasteiger partial charge in [-0.15, -0.1) is 68.0 Å². The second-order valence-electron chi connectivity index (χ2n) is 21.4. The maximum Gasteiger partial charge on any atom is 0.325 e. The smallest absolute Gasteiger partial charge is 0.325 e. The fraction of sp³-hybridized carbons (Fsp3) is 0.373. The van der Waals surface area contributed by atoms with E-state index >= 15 is 0 Å². The highest BCUT2D eigenvalue weighted by Crippen LogP contribution is 2.41. The summed E-state index contributed by atoms with van der Waals surface area (Å²) in [5, 5.41) is 40.2. The molecule has 8 aromatic rings. The van der Waals surface area contributed by atoms with Crippen LogP contribution in [0.3, 0.4) is 0 Å². The standard InChI is InChI=1S/C59H61N13O11S6/c1-28(2)34-20-40(73)47-30(4)88-56(69-47)36(21-43(74)60-5)63-50(78)38-25-84-52(65-38)33-12-13-35(54-67-42(27-87-54)72(19-16-45(76)77)59(82)71-17-14-32(15-18-71)58(80)81)62-48(33)37-24-85-55(64-37)39-26-86-57(66-39)46(29(3)31-10-8-7-9-11-31)68-44(75)22-61-51(79)49-41(23-83-6)89-53(34)70-49/h7-13,24-29,32,34,36,46H,14-23H2,1-6H3,(H,60,74)(H,61,79)(H,63,78)(H,68,75)(H,76,77)(H,80,81)/t29-,34?,36-,46-/m0/s1. The number of ketones is 1. The Labute approximate surface area is 534 Å². The Morgan fingerprint density at radius 1 is 0.742 bits per heavy atom. The van der Waals surface area contributed by atoms with Crippen LogP contribution in [0.25, 0.3) is 43.4 Å². The molecule has 0 aliphatic carbocycles. The molecule has 2 aliphatic rings. The van der Waals surface area contributed by atoms with E-state index in [2.05, 4.69) is 21.3 Å². The predicted octanol–water partition coefficient (Wildman–Crippen LogP) is 9.47. The molecule has 1 unspecified atom stereocenters. The normalized spacial score (nSPS) is 17.3. The Hall–Kier alpha value is -8.13. The average molecular weight is 1320 g/mol. The van der Waals surface area contributed by atoms with E-state index in [1.54, 1.807) is 35.2 Å². The molecule has 6 N–H and O–H groups in total. The molecule has 464 valence electrons. The van der Waals surface area contributed by atoms with Gasteiger partial charge in [-0.05, 0) is 43.4 Å². The van der Waals surface area contributed by atoms with Gasteiger partial charge in [0, 0.05) is 84.0 Å². The largest absolute Gasteiger partial charge is 0.481 e. The monoisotopic (exact) mass is 1320 g/mol. The van der Waals surface area contributed by atoms with E-state index in [4.69, 9.17) is 39.6 Å². The van der Waals surface area contributed by atoms with Gasteiger partial charge >= 0.3 is 18.0 Å². The second kappa shape index (κ2) is 28.1. The first-order valence-electron chi connectivity index (χ1n) is 28.3. The van der Waals surface area contributed by atoms with Gasteiger partial charge in [-0.25, -0.2) is 39.7 Å². The summed E-state index contributed by atoms with van der Waals surface area (Å²) in [6.45, 7) is 7.40. The van der Waals surface area contributed by atoms with Crippen molar-refractivity contribution in [1.82, 2.24) is 61.1 Å². The van der Waals surface area contributed by atoms with Crippen molar-refractivity contribution in [2.75, 3.05) is 45.2 Å². The number of carboxylic acids is 2. The van der Waals surface area contributed by atoms with Gasteiger partial charge in [0.05, 0.1) is 59.6 Å². The van der Waals surface area contributed by atoms with Crippen molar-refractivity contribution in [2.45, 2.75) is 90.3 Å². The Morgan fingerprint density at radius 3 is 2.16 bits per heavy atom. The Kier molecular flexibility index (Phi) is 20.2. The molecular weight excluding hydrogens is 1260 g/mol. The van der Waals surface area contributed by atoms with Crippen LogP contribution in [-0.2, 0) is 30.5 Å². The number of anilines is 1. The molecule has 1 fully saturated rings. The summed E-state index contributed by atoms with van der Waals surface area (Å²) in [6, 6.07) is 11.0. The summed E-state index contributed by atoms with van der Waals surface area (Å²) in [4.78, 5) is 146. The number of methoxy groups -OCH3 is 1. The van der Waals surface area contributed by atoms with E-state index in [9.17, 15) is 48.6 Å². The van der Waals surface area contributed by atoms with Crippen molar-refractivity contribution >= 4 is 121 Å². The first-order chi connectivity index (χ1) is 42.8. The maximum absolute atomic E-state index is 14.4. The van der Waals surface area contributed by atoms with Crippen LogP contribution in [0.4, 0.5) is 10.6 Å². The van der Waals surface area contributed by atoms with Gasteiger partial charge in [-0.2, -0.15) is 0 Å². The van der Waals surface area contributed by atoms with E-state index in [0.29, 0.717) is 68.1 Å². The summed E-state index contributed by atoms with van der Waals surface area (Å²) >= 11 is 7.38. The van der Waals surface area contributed by atoms with E-state index in [1.807, 2.05) is 56.5 Å². The number of carboxylic acid groups (broad SMARTS) is 2. The summed E-state index contributed by atoms with van der Waals surface area (Å²) < 4.78 is 5.50. The van der Waals surface area contributed by atoms with Gasteiger partial charge < -0.3 is 41.1 Å². The summed E-state index contributed by atoms with van der Waals surface area (Å²) in [5.74, 6) is -5.80. The topological polar surface area (TPSA) is 331 Å². The molecule has 4 atom stereocenters. The molecule has 6 amide bonds. The maximum atomic E-state index is 14.4. The van der Waals surface area contributed by atoms with Crippen molar-refractivity contribution in [3.8, 4) is 43.4 Å². The first-order valence-corrected chi connectivity index (χ1v) is 33.4. The number of nitrogens with zero attached hydrogens (tertiary/aromatic N) is 9. The van der Waals surface area contributed by atoms with Crippen LogP contribution in [0.2, 0.25) is 0 Å². The van der Waals surface area contributed by atoms with Crippen LogP contribution >= 0.6 is 68.0 Å². The summed E-state index contributed by atoms with van der Waals surface area (Å²) in [5.41, 5.74) is 3.26. The van der Waals surface area contributed by atoms with Crippen LogP contribution in [-0.4, -0.2) is 138 Å². The first kappa shape index (κ1) is 63.9. The number of thiazole rings is 6. The molecular formula is C59H61N13O11S6. The molecule has 0 radical (unpaired) electrons. The lowest BCUT2D eigenvalue weighted by molar-refractivity contribution is -0.143. The van der Waals surface area contributed by atoms with Gasteiger partial charge in [0.2, 0.25) is 11.8 Å². The molecule has 0 spiro atoms. The number of aliphatic carboxylic acids is 2. The number of benzene rings is 1. The number of carbonyl (C=O) groups excluding carboxylic acids is 6. The van der Waals surface area contributed by atoms with Gasteiger partial charge in [0.15, 0.2) is 5.78 Å². The third-order valence-electron chi connectivity index (χ3n) is 15.1. The SMILES string of the molecule is CNC(=O)C[C@@H]1NC(=O)c2csc(n2)-c2ccc(-c3nc(N(CCC(=O)O)C(=O)N4CCC(C(=O)O)CC4)cs3)nc2-c2csc(n2)-c2csc(n2)[C@H]([C@@H](C)c2ccccc2)NC(=O)CNC(=O)c2nc(sc2COC)C(C(C)C)CC(=O)c2nc1sc2C. The average Bonchev–Trinajstić information content (AvgIpc) is 2.61. The fourth-order valence-electron chi connectivity index (χ4n) is 10.2. The minimum atomic E-state index is -1.13. The number of likely N-dealkylation sites (tertiary alicyclic amines) is 1. The molecule has 10 rings (SSSR count). The zero-order chi connectivity index (χ0) is 63.2. The fourth-order valence-corrected chi connectivity index (χ4v) is 15.9. The van der Waals surface area contributed by atoms with E-state index in [0.717, 1.165) is 16.9 Å². The third-order valence-corrected chi connectivity index (χ3v) is 20.9. The van der Waals surface area contributed by atoms with Crippen LogP contribution in [0, 0.1) is 18.8 Å². The zero-order valence-electron chi connectivity index (χ0n) is 48.9. The molecule has 30 heteroatoms. The molecule has 2 aliphatic heterocycles. The number of pyridine rings is 1. The van der Waals surface area contributed by atoms with E-state index < -0.39 is 72.1 Å². The van der Waals surface area contributed by atoms with Crippen molar-refractivity contribution in [3.05, 3.63) is 111 Å². The lowest BCUT2D eigenvalue weighted by Crippen LogP contribution is -2.48. The number of aromatic nitrogens is 7. The molecule has 10 bridgehead atoms. The highest BCUT2D eigenvalue weighted by Gasteiger charge is 2.35. The predicted molar refractivity (Wildman–Crippen MR) is 339 cm³/mol. The van der Waals surface area contributed by atoms with Crippen molar-refractivity contribution in [1.29, 1.82) is 0 Å². The van der Waals surface area contributed by atoms with Crippen LogP contribution in [0.15, 0.2) is 64.0 Å². The number of piperidine rings is 1. The number of fused-ring (bicyclic) bond motifs is 14. The van der Waals surface area contributed by atoms with E-state index in [1.165, 1.54) is 80.6 Å². The highest BCUT2D eigenvalue weighted by molar-refractivity contribution is 7.15. The highest BCUT2D eigenvalue weighted by atomic mass is 32.1. The Morgan fingerprint density at radius 2 is 1.44 bits per heavy atom. The Balaban J connectivity index is 1.05. The number of hydrogen-bond acceptors (Lipinski definition) is 22. The number of Topliss-reactive ketones (excluding diaryl/α,β-unsaturated/α-hetero) is 1. The molecule has 7 aromatic heterocycles.